The Bertz CT molecular complexity index is 399. The Morgan fingerprint density at radius 2 is 2.06 bits per heavy atom. The van der Waals surface area contributed by atoms with Crippen molar-refractivity contribution in [3.63, 3.8) is 0 Å². The molecule has 1 aromatic rings. The van der Waals surface area contributed by atoms with Crippen molar-refractivity contribution in [2.75, 3.05) is 7.11 Å². The van der Waals surface area contributed by atoms with Gasteiger partial charge < -0.3 is 14.8 Å². The first-order chi connectivity index (χ1) is 8.54. The van der Waals surface area contributed by atoms with Crippen LogP contribution in [-0.2, 0) is 16.1 Å². The molecule has 0 aromatic heterocycles. The Morgan fingerprint density at radius 1 is 1.39 bits per heavy atom. The molecule has 0 bridgehead atoms. The lowest BCUT2D eigenvalue weighted by molar-refractivity contribution is -0.130. The van der Waals surface area contributed by atoms with Crippen LogP contribution in [0.1, 0.15) is 12.5 Å². The van der Waals surface area contributed by atoms with Crippen LogP contribution in [0.5, 0.6) is 5.75 Å². The molecule has 0 heterocycles. The second kappa shape index (κ2) is 6.90. The van der Waals surface area contributed by atoms with E-state index in [1.54, 1.807) is 25.1 Å². The Labute approximate surface area is 104 Å². The van der Waals surface area contributed by atoms with Crippen LogP contribution in [0.4, 0.5) is 8.78 Å². The van der Waals surface area contributed by atoms with Crippen molar-refractivity contribution in [3.8, 4) is 5.75 Å². The van der Waals surface area contributed by atoms with Gasteiger partial charge in [-0.25, -0.2) is 0 Å². The number of rotatable bonds is 6. The van der Waals surface area contributed by atoms with E-state index < -0.39 is 12.7 Å². The van der Waals surface area contributed by atoms with Gasteiger partial charge in [0.15, 0.2) is 0 Å². The average molecular weight is 259 g/mol. The predicted octanol–water partition coefficient (Wildman–Crippen LogP) is 1.94. The summed E-state index contributed by atoms with van der Waals surface area (Å²) in [4.78, 5) is 11.5. The molecule has 18 heavy (non-hydrogen) atoms. The second-order valence-corrected chi connectivity index (χ2v) is 3.58. The highest BCUT2D eigenvalue weighted by molar-refractivity contribution is 5.80. The van der Waals surface area contributed by atoms with Gasteiger partial charge in [-0.3, -0.25) is 4.79 Å². The molecule has 0 spiro atoms. The Hall–Kier alpha value is -1.69. The molecule has 1 N–H and O–H groups in total. The van der Waals surface area contributed by atoms with Gasteiger partial charge in [-0.2, -0.15) is 8.78 Å². The van der Waals surface area contributed by atoms with Gasteiger partial charge in [0, 0.05) is 19.2 Å². The van der Waals surface area contributed by atoms with E-state index in [2.05, 4.69) is 10.1 Å². The van der Waals surface area contributed by atoms with Crippen LogP contribution in [0.25, 0.3) is 0 Å². The van der Waals surface area contributed by atoms with Gasteiger partial charge in [0.05, 0.1) is 0 Å². The normalized spacial score (nSPS) is 12.3. The molecule has 4 nitrogen and oxygen atoms in total. The van der Waals surface area contributed by atoms with E-state index >= 15 is 0 Å². The predicted molar refractivity (Wildman–Crippen MR) is 61.4 cm³/mol. The maximum atomic E-state index is 12.2. The van der Waals surface area contributed by atoms with Gasteiger partial charge in [-0.15, -0.1) is 0 Å². The first-order valence-corrected chi connectivity index (χ1v) is 5.37. The molecule has 0 fully saturated rings. The van der Waals surface area contributed by atoms with E-state index in [1.165, 1.54) is 13.2 Å². The molecule has 0 saturated heterocycles. The number of amides is 1. The molecule has 1 aromatic carbocycles. The molecule has 0 aliphatic rings. The number of carbonyl (C=O) groups is 1. The summed E-state index contributed by atoms with van der Waals surface area (Å²) in [6, 6.07) is 6.29. The zero-order valence-corrected chi connectivity index (χ0v) is 10.2. The van der Waals surface area contributed by atoms with Gasteiger partial charge in [0.25, 0.3) is 0 Å². The Morgan fingerprint density at radius 3 is 2.67 bits per heavy atom. The lowest BCUT2D eigenvalue weighted by Gasteiger charge is -2.13. The smallest absolute Gasteiger partial charge is 0.387 e. The van der Waals surface area contributed by atoms with E-state index in [0.29, 0.717) is 5.56 Å². The SMILES string of the molecule is COC(C)C(=O)NCc1ccccc1OC(F)F. The number of methoxy groups -OCH3 is 1. The van der Waals surface area contributed by atoms with Crippen LogP contribution >= 0.6 is 0 Å². The average Bonchev–Trinajstić information content (AvgIpc) is 2.35. The molecular weight excluding hydrogens is 244 g/mol. The number of ether oxygens (including phenoxy) is 2. The first-order valence-electron chi connectivity index (χ1n) is 5.37. The summed E-state index contributed by atoms with van der Waals surface area (Å²) in [7, 11) is 1.41. The van der Waals surface area contributed by atoms with Gasteiger partial charge in [0.2, 0.25) is 5.91 Å². The Balaban J connectivity index is 2.64. The van der Waals surface area contributed by atoms with Crippen molar-refractivity contribution >= 4 is 5.91 Å². The van der Waals surface area contributed by atoms with Crippen molar-refractivity contribution in [1.29, 1.82) is 0 Å². The molecule has 0 aliphatic heterocycles. The second-order valence-electron chi connectivity index (χ2n) is 3.58. The molecule has 1 amide bonds. The maximum Gasteiger partial charge on any atom is 0.387 e. The maximum absolute atomic E-state index is 12.2. The number of halogens is 2. The zero-order chi connectivity index (χ0) is 13.5. The molecule has 0 saturated carbocycles. The standard InChI is InChI=1S/C12H15F2NO3/c1-8(17-2)11(16)15-7-9-5-3-4-6-10(9)18-12(13)14/h3-6,8,12H,7H2,1-2H3,(H,15,16). The van der Waals surface area contributed by atoms with Gasteiger partial charge in [-0.05, 0) is 13.0 Å². The van der Waals surface area contributed by atoms with E-state index in [9.17, 15) is 13.6 Å². The summed E-state index contributed by atoms with van der Waals surface area (Å²) < 4.78 is 33.5. The lowest BCUT2D eigenvalue weighted by Crippen LogP contribution is -2.33. The minimum atomic E-state index is -2.89. The van der Waals surface area contributed by atoms with E-state index in [1.807, 2.05) is 0 Å². The summed E-state index contributed by atoms with van der Waals surface area (Å²) >= 11 is 0. The van der Waals surface area contributed by atoms with Crippen LogP contribution in [0.15, 0.2) is 24.3 Å². The molecule has 1 atom stereocenters. The zero-order valence-electron chi connectivity index (χ0n) is 10.2. The number of hydrogen-bond donors (Lipinski definition) is 1. The minimum absolute atomic E-state index is 0.0536. The minimum Gasteiger partial charge on any atom is -0.434 e. The van der Waals surface area contributed by atoms with E-state index in [4.69, 9.17) is 4.74 Å². The summed E-state index contributed by atoms with van der Waals surface area (Å²) in [6.07, 6.45) is -0.590. The molecule has 1 rings (SSSR count). The molecule has 0 radical (unpaired) electrons. The highest BCUT2D eigenvalue weighted by Crippen LogP contribution is 2.19. The number of carbonyl (C=O) groups excluding carboxylic acids is 1. The number of hydrogen-bond acceptors (Lipinski definition) is 3. The third kappa shape index (κ3) is 4.29. The monoisotopic (exact) mass is 259 g/mol. The fourth-order valence-corrected chi connectivity index (χ4v) is 1.29. The van der Waals surface area contributed by atoms with Crippen molar-refractivity contribution in [2.45, 2.75) is 26.2 Å². The third-order valence-electron chi connectivity index (χ3n) is 2.36. The Kier molecular flexibility index (Phi) is 5.51. The first kappa shape index (κ1) is 14.4. The summed E-state index contributed by atoms with van der Waals surface area (Å²) in [5.74, 6) is -0.262. The van der Waals surface area contributed by atoms with E-state index in [0.717, 1.165) is 0 Å². The fraction of sp³-hybridized carbons (Fsp3) is 0.417. The number of para-hydroxylation sites is 1. The van der Waals surface area contributed by atoms with Crippen molar-refractivity contribution in [3.05, 3.63) is 29.8 Å². The third-order valence-corrected chi connectivity index (χ3v) is 2.36. The molecule has 100 valence electrons. The largest absolute Gasteiger partial charge is 0.434 e. The molecule has 6 heteroatoms. The van der Waals surface area contributed by atoms with Crippen LogP contribution < -0.4 is 10.1 Å². The summed E-state index contributed by atoms with van der Waals surface area (Å²) in [5, 5.41) is 2.57. The van der Waals surface area contributed by atoms with Crippen molar-refractivity contribution < 1.29 is 23.0 Å². The van der Waals surface area contributed by atoms with Gasteiger partial charge in [-0.1, -0.05) is 18.2 Å². The molecule has 0 aliphatic carbocycles. The topological polar surface area (TPSA) is 47.6 Å². The highest BCUT2D eigenvalue weighted by Gasteiger charge is 2.13. The molecule has 1 unspecified atom stereocenters. The van der Waals surface area contributed by atoms with E-state index in [-0.39, 0.29) is 18.2 Å². The van der Waals surface area contributed by atoms with Crippen LogP contribution in [-0.4, -0.2) is 25.7 Å². The van der Waals surface area contributed by atoms with Crippen molar-refractivity contribution in [2.24, 2.45) is 0 Å². The highest BCUT2D eigenvalue weighted by atomic mass is 19.3. The van der Waals surface area contributed by atoms with Crippen LogP contribution in [0.3, 0.4) is 0 Å². The number of alkyl halides is 2. The summed E-state index contributed by atoms with van der Waals surface area (Å²) in [5.41, 5.74) is 0.481. The fourth-order valence-electron chi connectivity index (χ4n) is 1.29. The van der Waals surface area contributed by atoms with Crippen LogP contribution in [0.2, 0.25) is 0 Å². The van der Waals surface area contributed by atoms with Gasteiger partial charge >= 0.3 is 6.61 Å². The number of nitrogens with one attached hydrogen (secondary N) is 1. The summed E-state index contributed by atoms with van der Waals surface area (Å²) in [6.45, 7) is -1.19. The number of benzene rings is 1. The van der Waals surface area contributed by atoms with Crippen molar-refractivity contribution in [1.82, 2.24) is 5.32 Å². The van der Waals surface area contributed by atoms with Crippen LogP contribution in [0, 0.1) is 0 Å². The van der Waals surface area contributed by atoms with Gasteiger partial charge in [0.1, 0.15) is 11.9 Å². The molecular formula is C12H15F2NO3. The quantitative estimate of drug-likeness (QED) is 0.849. The lowest BCUT2D eigenvalue weighted by atomic mass is 10.2.